The number of nitrogens with one attached hydrogen (secondary N) is 1. The predicted octanol–water partition coefficient (Wildman–Crippen LogP) is 2.14. The monoisotopic (exact) mass is 215 g/mol. The van der Waals surface area contributed by atoms with Gasteiger partial charge in [-0.1, -0.05) is 32.0 Å². The maximum Gasteiger partial charge on any atom is 0.0685 e. The fraction of sp³-hybridized carbons (Fsp3) is 0.818. The highest BCUT2D eigenvalue weighted by atomic mass is 35.5. The van der Waals surface area contributed by atoms with Crippen LogP contribution in [0.15, 0.2) is 11.6 Å². The van der Waals surface area contributed by atoms with Gasteiger partial charge in [0.05, 0.1) is 6.10 Å². The number of halogens is 1. The van der Waals surface area contributed by atoms with E-state index in [1.54, 1.807) is 0 Å². The Hall–Kier alpha value is -0.0500. The van der Waals surface area contributed by atoms with Gasteiger partial charge in [-0.2, -0.15) is 0 Å². The molecule has 1 aliphatic carbocycles. The Morgan fingerprint density at radius 2 is 2.36 bits per heavy atom. The fourth-order valence-electron chi connectivity index (χ4n) is 2.96. The van der Waals surface area contributed by atoms with Gasteiger partial charge in [-0.25, -0.2) is 0 Å². The fourth-order valence-corrected chi connectivity index (χ4v) is 3.04. The van der Waals surface area contributed by atoms with Crippen LogP contribution in [0.4, 0.5) is 0 Å². The molecule has 1 heterocycles. The van der Waals surface area contributed by atoms with E-state index >= 15 is 0 Å². The van der Waals surface area contributed by atoms with Gasteiger partial charge in [0.1, 0.15) is 0 Å². The Bertz CT molecular complexity index is 252. The molecule has 1 aliphatic heterocycles. The first kappa shape index (κ1) is 10.5. The third-order valence-corrected chi connectivity index (χ3v) is 3.75. The van der Waals surface area contributed by atoms with Crippen LogP contribution < -0.4 is 5.32 Å². The summed E-state index contributed by atoms with van der Waals surface area (Å²) in [5.74, 6) is 0.681. The molecule has 0 spiro atoms. The SMILES string of the molecule is C=C(Cl)CNC1C2CCOC2C1(C)C. The molecular formula is C11H18ClNO. The molecule has 3 atom stereocenters. The number of hydrogen-bond acceptors (Lipinski definition) is 2. The van der Waals surface area contributed by atoms with Crippen LogP contribution in [0.5, 0.6) is 0 Å². The van der Waals surface area contributed by atoms with Gasteiger partial charge in [0.2, 0.25) is 0 Å². The Morgan fingerprint density at radius 3 is 3.00 bits per heavy atom. The molecule has 14 heavy (non-hydrogen) atoms. The van der Waals surface area contributed by atoms with Crippen molar-refractivity contribution in [1.82, 2.24) is 5.32 Å². The average molecular weight is 216 g/mol. The van der Waals surface area contributed by atoms with Gasteiger partial charge in [0, 0.05) is 35.6 Å². The highest BCUT2D eigenvalue weighted by Gasteiger charge is 2.58. The molecule has 2 aliphatic rings. The van der Waals surface area contributed by atoms with Crippen LogP contribution in [0.25, 0.3) is 0 Å². The Labute approximate surface area is 90.7 Å². The zero-order valence-electron chi connectivity index (χ0n) is 8.85. The van der Waals surface area contributed by atoms with Crippen molar-refractivity contribution in [3.63, 3.8) is 0 Å². The number of rotatable bonds is 3. The van der Waals surface area contributed by atoms with Crippen molar-refractivity contribution in [2.24, 2.45) is 11.3 Å². The quantitative estimate of drug-likeness (QED) is 0.779. The van der Waals surface area contributed by atoms with Gasteiger partial charge in [-0.3, -0.25) is 0 Å². The maximum atomic E-state index is 5.75. The lowest BCUT2D eigenvalue weighted by Crippen LogP contribution is -2.65. The number of ether oxygens (including phenoxy) is 1. The van der Waals surface area contributed by atoms with Crippen LogP contribution in [0.3, 0.4) is 0 Å². The normalized spacial score (nSPS) is 38.9. The first-order valence-corrected chi connectivity index (χ1v) is 5.59. The van der Waals surface area contributed by atoms with Crippen LogP contribution in [0, 0.1) is 11.3 Å². The first-order chi connectivity index (χ1) is 6.53. The van der Waals surface area contributed by atoms with Gasteiger partial charge in [-0.05, 0) is 6.42 Å². The van der Waals surface area contributed by atoms with Crippen molar-refractivity contribution in [2.75, 3.05) is 13.2 Å². The van der Waals surface area contributed by atoms with E-state index in [2.05, 4.69) is 25.7 Å². The number of fused-ring (bicyclic) bond motifs is 1. The average Bonchev–Trinajstić information content (AvgIpc) is 2.49. The Kier molecular flexibility index (Phi) is 2.63. The molecule has 3 unspecified atom stereocenters. The summed E-state index contributed by atoms with van der Waals surface area (Å²) in [6.45, 7) is 9.83. The summed E-state index contributed by atoms with van der Waals surface area (Å²) in [7, 11) is 0. The minimum absolute atomic E-state index is 0.244. The van der Waals surface area contributed by atoms with E-state index in [0.29, 0.717) is 29.6 Å². The van der Waals surface area contributed by atoms with Crippen molar-refractivity contribution in [2.45, 2.75) is 32.4 Å². The molecule has 0 aromatic heterocycles. The zero-order valence-corrected chi connectivity index (χ0v) is 9.60. The summed E-state index contributed by atoms with van der Waals surface area (Å²) in [6, 6.07) is 0.533. The highest BCUT2D eigenvalue weighted by Crippen LogP contribution is 2.52. The second kappa shape index (κ2) is 3.51. The van der Waals surface area contributed by atoms with Crippen LogP contribution in [-0.4, -0.2) is 25.3 Å². The molecule has 0 aromatic carbocycles. The smallest absolute Gasteiger partial charge is 0.0685 e. The molecule has 2 nitrogen and oxygen atoms in total. The van der Waals surface area contributed by atoms with E-state index in [1.807, 2.05) is 0 Å². The van der Waals surface area contributed by atoms with Gasteiger partial charge < -0.3 is 10.1 Å². The van der Waals surface area contributed by atoms with Crippen LogP contribution in [0.2, 0.25) is 0 Å². The van der Waals surface area contributed by atoms with Crippen LogP contribution in [0.1, 0.15) is 20.3 Å². The highest BCUT2D eigenvalue weighted by molar-refractivity contribution is 6.29. The van der Waals surface area contributed by atoms with E-state index < -0.39 is 0 Å². The molecule has 3 heteroatoms. The summed E-state index contributed by atoms with van der Waals surface area (Å²) in [5, 5.41) is 4.15. The lowest BCUT2D eigenvalue weighted by Gasteiger charge is -2.55. The molecule has 0 aromatic rings. The molecule has 1 saturated carbocycles. The molecule has 1 saturated heterocycles. The van der Waals surface area contributed by atoms with Crippen LogP contribution >= 0.6 is 11.6 Å². The minimum Gasteiger partial charge on any atom is -0.377 e. The Balaban J connectivity index is 1.95. The van der Waals surface area contributed by atoms with Crippen molar-refractivity contribution in [1.29, 1.82) is 0 Å². The van der Waals surface area contributed by atoms with Crippen molar-refractivity contribution < 1.29 is 4.74 Å². The topological polar surface area (TPSA) is 21.3 Å². The van der Waals surface area contributed by atoms with Gasteiger partial charge in [0.25, 0.3) is 0 Å². The maximum absolute atomic E-state index is 5.75. The van der Waals surface area contributed by atoms with E-state index in [4.69, 9.17) is 16.3 Å². The van der Waals surface area contributed by atoms with Gasteiger partial charge in [0.15, 0.2) is 0 Å². The lowest BCUT2D eigenvalue weighted by molar-refractivity contribution is -0.111. The standard InChI is InChI=1S/C11H18ClNO/c1-7(12)6-13-9-8-4-5-14-10(8)11(9,2)3/h8-10,13H,1,4-6H2,2-3H3. The molecule has 2 rings (SSSR count). The van der Waals surface area contributed by atoms with Crippen LogP contribution in [-0.2, 0) is 4.74 Å². The summed E-state index contributed by atoms with van der Waals surface area (Å²) in [4.78, 5) is 0. The zero-order chi connectivity index (χ0) is 10.3. The van der Waals surface area contributed by atoms with E-state index in [9.17, 15) is 0 Å². The second-order valence-electron chi connectivity index (χ2n) is 4.94. The van der Waals surface area contributed by atoms with Gasteiger partial charge >= 0.3 is 0 Å². The minimum atomic E-state index is 0.244. The molecular weight excluding hydrogens is 198 g/mol. The van der Waals surface area contributed by atoms with Crippen molar-refractivity contribution in [3.05, 3.63) is 11.6 Å². The molecule has 0 radical (unpaired) electrons. The molecule has 1 N–H and O–H groups in total. The predicted molar refractivity (Wildman–Crippen MR) is 58.4 cm³/mol. The third kappa shape index (κ3) is 1.50. The van der Waals surface area contributed by atoms with Gasteiger partial charge in [-0.15, -0.1) is 0 Å². The largest absolute Gasteiger partial charge is 0.377 e. The molecule has 0 bridgehead atoms. The Morgan fingerprint density at radius 1 is 1.64 bits per heavy atom. The summed E-state index contributed by atoms with van der Waals surface area (Å²) < 4.78 is 5.71. The van der Waals surface area contributed by atoms with E-state index in [-0.39, 0.29) is 5.41 Å². The molecule has 80 valence electrons. The van der Waals surface area contributed by atoms with E-state index in [0.717, 1.165) is 6.61 Å². The molecule has 2 fully saturated rings. The lowest BCUT2D eigenvalue weighted by atomic mass is 9.57. The first-order valence-electron chi connectivity index (χ1n) is 5.21. The third-order valence-electron chi connectivity index (χ3n) is 3.61. The van der Waals surface area contributed by atoms with Crippen molar-refractivity contribution in [3.8, 4) is 0 Å². The summed E-state index contributed by atoms with van der Waals surface area (Å²) in [6.07, 6.45) is 1.63. The number of hydrogen-bond donors (Lipinski definition) is 1. The summed E-state index contributed by atoms with van der Waals surface area (Å²) >= 11 is 5.75. The van der Waals surface area contributed by atoms with Crippen molar-refractivity contribution >= 4 is 11.6 Å². The van der Waals surface area contributed by atoms with E-state index in [1.165, 1.54) is 6.42 Å². The summed E-state index contributed by atoms with van der Waals surface area (Å²) in [5.41, 5.74) is 0.244. The second-order valence-corrected chi connectivity index (χ2v) is 5.48. The molecule has 0 amide bonds.